The molecule has 2 amide bonds. The van der Waals surface area contributed by atoms with Crippen LogP contribution in [-0.2, 0) is 9.59 Å². The largest absolute Gasteiger partial charge is 0.340 e. The zero-order valence-electron chi connectivity index (χ0n) is 10.1. The van der Waals surface area contributed by atoms with E-state index in [2.05, 4.69) is 11.9 Å². The van der Waals surface area contributed by atoms with Gasteiger partial charge in [-0.15, -0.1) is 0 Å². The summed E-state index contributed by atoms with van der Waals surface area (Å²) in [6.45, 7) is 7.34. The van der Waals surface area contributed by atoms with E-state index in [0.717, 1.165) is 12.8 Å². The van der Waals surface area contributed by atoms with Crippen LogP contribution in [0.4, 0.5) is 0 Å². The van der Waals surface area contributed by atoms with Crippen LogP contribution in [0.2, 0.25) is 0 Å². The minimum Gasteiger partial charge on any atom is -0.340 e. The third kappa shape index (κ3) is 2.06. The van der Waals surface area contributed by atoms with Crippen molar-refractivity contribution in [3.05, 3.63) is 11.6 Å². The molecule has 0 aromatic rings. The molecule has 2 atom stereocenters. The van der Waals surface area contributed by atoms with Gasteiger partial charge in [0.05, 0.1) is 6.54 Å². The van der Waals surface area contributed by atoms with Gasteiger partial charge in [0.25, 0.3) is 0 Å². The van der Waals surface area contributed by atoms with Gasteiger partial charge in [0, 0.05) is 5.03 Å². The van der Waals surface area contributed by atoms with Crippen molar-refractivity contribution in [3.8, 4) is 0 Å². The van der Waals surface area contributed by atoms with E-state index in [1.807, 2.05) is 0 Å². The Morgan fingerprint density at radius 3 is 2.65 bits per heavy atom. The van der Waals surface area contributed by atoms with Crippen molar-refractivity contribution in [2.24, 2.45) is 5.92 Å². The van der Waals surface area contributed by atoms with Crippen molar-refractivity contribution in [2.75, 3.05) is 6.54 Å². The normalized spacial score (nSPS) is 33.6. The average molecular weight is 257 g/mol. The Morgan fingerprint density at radius 2 is 2.18 bits per heavy atom. The molecule has 2 aliphatic rings. The Morgan fingerprint density at radius 1 is 1.59 bits per heavy atom. The highest BCUT2D eigenvalue weighted by Crippen LogP contribution is 2.42. The predicted molar refractivity (Wildman–Crippen MR) is 65.4 cm³/mol. The van der Waals surface area contributed by atoms with Gasteiger partial charge in [-0.3, -0.25) is 9.59 Å². The molecular formula is C12H17ClN2O2. The molecule has 0 aromatic heterocycles. The number of nitrogens with one attached hydrogen (secondary N) is 1. The molecule has 1 aliphatic heterocycles. The van der Waals surface area contributed by atoms with Crippen LogP contribution < -0.4 is 5.32 Å². The number of hydrogen-bond acceptors (Lipinski definition) is 2. The fraction of sp³-hybridized carbons (Fsp3) is 0.667. The first kappa shape index (κ1) is 12.4. The van der Waals surface area contributed by atoms with Crippen molar-refractivity contribution in [3.63, 3.8) is 0 Å². The first-order valence-electron chi connectivity index (χ1n) is 5.82. The van der Waals surface area contributed by atoms with E-state index in [0.29, 0.717) is 5.03 Å². The SMILES string of the molecule is C=C(Cl)CN1C(=O)C(C)(C2CC2)NC(=O)C1C. The summed E-state index contributed by atoms with van der Waals surface area (Å²) in [6.07, 6.45) is 1.99. The van der Waals surface area contributed by atoms with Gasteiger partial charge >= 0.3 is 0 Å². The maximum Gasteiger partial charge on any atom is 0.249 e. The van der Waals surface area contributed by atoms with E-state index in [-0.39, 0.29) is 24.3 Å². The Bertz CT molecular complexity index is 392. The molecule has 1 saturated carbocycles. The quantitative estimate of drug-likeness (QED) is 0.826. The number of rotatable bonds is 3. The summed E-state index contributed by atoms with van der Waals surface area (Å²) in [7, 11) is 0. The highest BCUT2D eigenvalue weighted by atomic mass is 35.5. The summed E-state index contributed by atoms with van der Waals surface area (Å²) in [5, 5.41) is 3.23. The topological polar surface area (TPSA) is 49.4 Å². The maximum atomic E-state index is 12.4. The molecule has 0 aromatic carbocycles. The maximum absolute atomic E-state index is 12.4. The second kappa shape index (κ2) is 4.02. The predicted octanol–water partition coefficient (Wildman–Crippen LogP) is 1.25. The van der Waals surface area contributed by atoms with Gasteiger partial charge in [-0.05, 0) is 32.6 Å². The van der Waals surface area contributed by atoms with Gasteiger partial charge in [0.2, 0.25) is 11.8 Å². The minimum absolute atomic E-state index is 0.0473. The number of piperazine rings is 1. The monoisotopic (exact) mass is 256 g/mol. The molecule has 2 unspecified atom stereocenters. The summed E-state index contributed by atoms with van der Waals surface area (Å²) in [5.74, 6) is 0.100. The zero-order chi connectivity index (χ0) is 12.8. The van der Waals surface area contributed by atoms with E-state index in [4.69, 9.17) is 11.6 Å². The number of amides is 2. The van der Waals surface area contributed by atoms with Gasteiger partial charge in [0.15, 0.2) is 0 Å². The van der Waals surface area contributed by atoms with Gasteiger partial charge in [0.1, 0.15) is 11.6 Å². The molecule has 0 radical (unpaired) electrons. The standard InChI is InChI=1S/C12H17ClN2O2/c1-7(13)6-15-8(2)10(16)14-12(3,11(15)17)9-4-5-9/h8-9H,1,4-6H2,2-3H3,(H,14,16). The molecule has 4 nitrogen and oxygen atoms in total. The molecule has 94 valence electrons. The summed E-state index contributed by atoms with van der Waals surface area (Å²) in [4.78, 5) is 25.9. The number of hydrogen-bond donors (Lipinski definition) is 1. The molecule has 0 bridgehead atoms. The average Bonchev–Trinajstić information content (AvgIpc) is 3.05. The molecular weight excluding hydrogens is 240 g/mol. The van der Waals surface area contributed by atoms with Crippen molar-refractivity contribution < 1.29 is 9.59 Å². The van der Waals surface area contributed by atoms with Crippen molar-refractivity contribution >= 4 is 23.4 Å². The number of halogens is 1. The van der Waals surface area contributed by atoms with Gasteiger partial charge < -0.3 is 10.2 Å². The van der Waals surface area contributed by atoms with E-state index < -0.39 is 11.6 Å². The first-order chi connectivity index (χ1) is 7.86. The van der Waals surface area contributed by atoms with Gasteiger partial charge in [-0.25, -0.2) is 0 Å². The molecule has 2 rings (SSSR count). The Kier molecular flexibility index (Phi) is 2.94. The molecule has 17 heavy (non-hydrogen) atoms. The van der Waals surface area contributed by atoms with Crippen LogP contribution in [0, 0.1) is 5.92 Å². The highest BCUT2D eigenvalue weighted by molar-refractivity contribution is 6.29. The van der Waals surface area contributed by atoms with Crippen LogP contribution in [0.25, 0.3) is 0 Å². The third-order valence-electron chi connectivity index (χ3n) is 3.67. The summed E-state index contributed by atoms with van der Waals surface area (Å²) >= 11 is 5.76. The van der Waals surface area contributed by atoms with Crippen molar-refractivity contribution in [2.45, 2.75) is 38.3 Å². The summed E-state index contributed by atoms with van der Waals surface area (Å²) < 4.78 is 0. The lowest BCUT2D eigenvalue weighted by Gasteiger charge is -2.43. The fourth-order valence-electron chi connectivity index (χ4n) is 2.36. The lowest BCUT2D eigenvalue weighted by atomic mass is 9.89. The van der Waals surface area contributed by atoms with E-state index in [1.165, 1.54) is 4.90 Å². The fourth-order valence-corrected chi connectivity index (χ4v) is 2.49. The third-order valence-corrected chi connectivity index (χ3v) is 3.79. The van der Waals surface area contributed by atoms with E-state index >= 15 is 0 Å². The van der Waals surface area contributed by atoms with Crippen LogP contribution >= 0.6 is 11.6 Å². The molecule has 1 saturated heterocycles. The van der Waals surface area contributed by atoms with Gasteiger partial charge in [-0.2, -0.15) is 0 Å². The van der Waals surface area contributed by atoms with Crippen LogP contribution in [0.5, 0.6) is 0 Å². The molecule has 0 spiro atoms. The molecule has 1 aliphatic carbocycles. The molecule has 2 fully saturated rings. The van der Waals surface area contributed by atoms with Gasteiger partial charge in [-0.1, -0.05) is 18.2 Å². The molecule has 5 heteroatoms. The first-order valence-corrected chi connectivity index (χ1v) is 6.20. The minimum atomic E-state index is -0.754. The second-order valence-electron chi connectivity index (χ2n) is 5.09. The van der Waals surface area contributed by atoms with E-state index in [1.54, 1.807) is 13.8 Å². The summed E-state index contributed by atoms with van der Waals surface area (Å²) in [6, 6.07) is -0.482. The lowest BCUT2D eigenvalue weighted by molar-refractivity contribution is -0.153. The Labute approximate surface area is 106 Å². The molecule has 1 heterocycles. The van der Waals surface area contributed by atoms with Crippen LogP contribution in [0.15, 0.2) is 11.6 Å². The number of carbonyl (C=O) groups excluding carboxylic acids is 2. The van der Waals surface area contributed by atoms with E-state index in [9.17, 15) is 9.59 Å². The lowest BCUT2D eigenvalue weighted by Crippen LogP contribution is -2.69. The van der Waals surface area contributed by atoms with Crippen LogP contribution in [0.3, 0.4) is 0 Å². The second-order valence-corrected chi connectivity index (χ2v) is 5.63. The Balaban J connectivity index is 2.26. The number of carbonyl (C=O) groups is 2. The smallest absolute Gasteiger partial charge is 0.249 e. The molecule has 1 N–H and O–H groups in total. The van der Waals surface area contributed by atoms with Crippen molar-refractivity contribution in [1.29, 1.82) is 0 Å². The van der Waals surface area contributed by atoms with Crippen LogP contribution in [-0.4, -0.2) is 34.8 Å². The van der Waals surface area contributed by atoms with Crippen LogP contribution in [0.1, 0.15) is 26.7 Å². The summed E-state index contributed by atoms with van der Waals surface area (Å²) in [5.41, 5.74) is -0.754. The Hall–Kier alpha value is -1.03. The van der Waals surface area contributed by atoms with Crippen molar-refractivity contribution in [1.82, 2.24) is 10.2 Å². The zero-order valence-corrected chi connectivity index (χ0v) is 10.9. The number of nitrogens with zero attached hydrogens (tertiary/aromatic N) is 1. The highest BCUT2D eigenvalue weighted by Gasteiger charge is 2.54.